The summed E-state index contributed by atoms with van der Waals surface area (Å²) in [5, 5.41) is 0. The van der Waals surface area contributed by atoms with Crippen molar-refractivity contribution in [2.45, 2.75) is 20.3 Å². The van der Waals surface area contributed by atoms with E-state index in [-0.39, 0.29) is 0 Å². The van der Waals surface area contributed by atoms with E-state index in [1.165, 1.54) is 5.57 Å². The second kappa shape index (κ2) is 5.36. The van der Waals surface area contributed by atoms with Gasteiger partial charge in [-0.25, -0.2) is 0 Å². The zero-order valence-corrected chi connectivity index (χ0v) is 6.22. The lowest BCUT2D eigenvalue weighted by Gasteiger charge is -1.89. The molecule has 0 amide bonds. The summed E-state index contributed by atoms with van der Waals surface area (Å²) in [7, 11) is 0. The summed E-state index contributed by atoms with van der Waals surface area (Å²) in [6, 6.07) is 0. The number of hydrogen-bond acceptors (Lipinski definition) is 0. The highest BCUT2D eigenvalue weighted by molar-refractivity contribution is 5.21. The molecule has 0 heterocycles. The van der Waals surface area contributed by atoms with Gasteiger partial charge < -0.3 is 0 Å². The summed E-state index contributed by atoms with van der Waals surface area (Å²) in [5.74, 6) is 0. The first-order chi connectivity index (χ1) is 4.35. The van der Waals surface area contributed by atoms with Gasteiger partial charge in [-0.2, -0.15) is 0 Å². The van der Waals surface area contributed by atoms with Crippen molar-refractivity contribution in [2.24, 2.45) is 0 Å². The average Bonchev–Trinajstić information content (AvgIpc) is 1.91. The van der Waals surface area contributed by atoms with Crippen LogP contribution in [0.3, 0.4) is 0 Å². The SMILES string of the molecule is C=C/C(=C\C=C\C)CC. The maximum absolute atomic E-state index is 3.68. The number of hydrogen-bond donors (Lipinski definition) is 0. The van der Waals surface area contributed by atoms with Gasteiger partial charge in [0, 0.05) is 0 Å². The zero-order chi connectivity index (χ0) is 7.11. The van der Waals surface area contributed by atoms with E-state index in [2.05, 4.69) is 19.6 Å². The average molecular weight is 122 g/mol. The van der Waals surface area contributed by atoms with Gasteiger partial charge in [-0.1, -0.05) is 37.8 Å². The molecule has 0 aromatic heterocycles. The van der Waals surface area contributed by atoms with Gasteiger partial charge in [0.15, 0.2) is 0 Å². The molecule has 0 fully saturated rings. The quantitative estimate of drug-likeness (QED) is 0.504. The lowest BCUT2D eigenvalue weighted by Crippen LogP contribution is -1.69. The van der Waals surface area contributed by atoms with Crippen molar-refractivity contribution in [3.63, 3.8) is 0 Å². The molecule has 0 saturated heterocycles. The number of rotatable bonds is 3. The predicted octanol–water partition coefficient (Wildman–Crippen LogP) is 3.08. The van der Waals surface area contributed by atoms with Gasteiger partial charge in [-0.3, -0.25) is 0 Å². The molecule has 0 spiro atoms. The Kier molecular flexibility index (Phi) is 4.89. The van der Waals surface area contributed by atoms with Gasteiger partial charge >= 0.3 is 0 Å². The molecule has 0 atom stereocenters. The fourth-order valence-corrected chi connectivity index (χ4v) is 0.550. The minimum atomic E-state index is 1.06. The maximum atomic E-state index is 3.68. The lowest BCUT2D eigenvalue weighted by molar-refractivity contribution is 1.15. The molecular formula is C9H14. The largest absolute Gasteiger partial charge is 0.0988 e. The normalized spacial score (nSPS) is 12.4. The highest BCUT2D eigenvalue weighted by Crippen LogP contribution is 2.00. The van der Waals surface area contributed by atoms with E-state index in [1.54, 1.807) is 0 Å². The maximum Gasteiger partial charge on any atom is -0.0308 e. The van der Waals surface area contributed by atoms with Gasteiger partial charge in [0.05, 0.1) is 0 Å². The van der Waals surface area contributed by atoms with Crippen molar-refractivity contribution >= 4 is 0 Å². The van der Waals surface area contributed by atoms with E-state index in [0.29, 0.717) is 0 Å². The van der Waals surface area contributed by atoms with Crippen LogP contribution in [0.2, 0.25) is 0 Å². The van der Waals surface area contributed by atoms with Crippen molar-refractivity contribution in [3.05, 3.63) is 36.5 Å². The molecule has 0 aliphatic heterocycles. The van der Waals surface area contributed by atoms with E-state index >= 15 is 0 Å². The van der Waals surface area contributed by atoms with Gasteiger partial charge in [0.2, 0.25) is 0 Å². The number of allylic oxidation sites excluding steroid dienone is 5. The van der Waals surface area contributed by atoms with Crippen molar-refractivity contribution in [1.29, 1.82) is 0 Å². The summed E-state index contributed by atoms with van der Waals surface area (Å²) in [6.45, 7) is 7.81. The Bertz CT molecular complexity index is 127. The highest BCUT2D eigenvalue weighted by atomic mass is 13.9. The van der Waals surface area contributed by atoms with E-state index in [0.717, 1.165) is 6.42 Å². The van der Waals surface area contributed by atoms with Crippen LogP contribution >= 0.6 is 0 Å². The topological polar surface area (TPSA) is 0 Å². The summed E-state index contributed by atoms with van der Waals surface area (Å²) in [5.41, 5.74) is 1.29. The van der Waals surface area contributed by atoms with Crippen molar-refractivity contribution < 1.29 is 0 Å². The molecule has 0 N–H and O–H groups in total. The monoisotopic (exact) mass is 122 g/mol. The summed E-state index contributed by atoms with van der Waals surface area (Å²) >= 11 is 0. The molecule has 0 radical (unpaired) electrons. The minimum Gasteiger partial charge on any atom is -0.0988 e. The third-order valence-electron chi connectivity index (χ3n) is 1.17. The molecule has 0 saturated carbocycles. The lowest BCUT2D eigenvalue weighted by atomic mass is 10.2. The molecule has 0 bridgehead atoms. The molecule has 0 nitrogen and oxygen atoms in total. The molecule has 0 rings (SSSR count). The van der Waals surface area contributed by atoms with Gasteiger partial charge in [-0.15, -0.1) is 0 Å². The Morgan fingerprint density at radius 1 is 1.56 bits per heavy atom. The third kappa shape index (κ3) is 3.77. The van der Waals surface area contributed by atoms with Crippen molar-refractivity contribution in [3.8, 4) is 0 Å². The first-order valence-electron chi connectivity index (χ1n) is 3.29. The van der Waals surface area contributed by atoms with Gasteiger partial charge in [-0.05, 0) is 18.9 Å². The predicted molar refractivity (Wildman–Crippen MR) is 43.4 cm³/mol. The Morgan fingerprint density at radius 2 is 2.22 bits per heavy atom. The van der Waals surface area contributed by atoms with Crippen LogP contribution in [0.4, 0.5) is 0 Å². The van der Waals surface area contributed by atoms with Crippen LogP contribution in [-0.2, 0) is 0 Å². The van der Waals surface area contributed by atoms with Crippen LogP contribution in [0, 0.1) is 0 Å². The molecule has 0 heteroatoms. The Morgan fingerprint density at radius 3 is 2.56 bits per heavy atom. The Labute approximate surface area is 57.6 Å². The molecule has 0 aliphatic rings. The smallest absolute Gasteiger partial charge is 0.0308 e. The van der Waals surface area contributed by atoms with E-state index < -0.39 is 0 Å². The third-order valence-corrected chi connectivity index (χ3v) is 1.17. The minimum absolute atomic E-state index is 1.06. The summed E-state index contributed by atoms with van der Waals surface area (Å²) < 4.78 is 0. The molecule has 0 aromatic carbocycles. The zero-order valence-electron chi connectivity index (χ0n) is 6.22. The standard InChI is InChI=1S/C9H14/c1-4-7-8-9(5-2)6-3/h4-5,7-8H,2,6H2,1,3H3/b7-4+,9-8+. The Hall–Kier alpha value is -0.780. The van der Waals surface area contributed by atoms with Crippen LogP contribution in [0.5, 0.6) is 0 Å². The Balaban J connectivity index is 3.90. The second-order valence-corrected chi connectivity index (χ2v) is 1.83. The first-order valence-corrected chi connectivity index (χ1v) is 3.29. The van der Waals surface area contributed by atoms with Crippen LogP contribution in [0.25, 0.3) is 0 Å². The van der Waals surface area contributed by atoms with Crippen molar-refractivity contribution in [2.75, 3.05) is 0 Å². The molecule has 50 valence electrons. The summed E-state index contributed by atoms with van der Waals surface area (Å²) in [4.78, 5) is 0. The van der Waals surface area contributed by atoms with E-state index in [9.17, 15) is 0 Å². The van der Waals surface area contributed by atoms with Crippen LogP contribution in [0.15, 0.2) is 36.5 Å². The van der Waals surface area contributed by atoms with Crippen LogP contribution < -0.4 is 0 Å². The molecular weight excluding hydrogens is 108 g/mol. The van der Waals surface area contributed by atoms with Crippen LogP contribution in [0.1, 0.15) is 20.3 Å². The van der Waals surface area contributed by atoms with Crippen molar-refractivity contribution in [1.82, 2.24) is 0 Å². The fourth-order valence-electron chi connectivity index (χ4n) is 0.550. The molecule has 0 unspecified atom stereocenters. The van der Waals surface area contributed by atoms with Gasteiger partial charge in [0.1, 0.15) is 0 Å². The van der Waals surface area contributed by atoms with E-state index in [4.69, 9.17) is 0 Å². The van der Waals surface area contributed by atoms with Crippen LogP contribution in [-0.4, -0.2) is 0 Å². The molecule has 9 heavy (non-hydrogen) atoms. The highest BCUT2D eigenvalue weighted by Gasteiger charge is 1.79. The van der Waals surface area contributed by atoms with E-state index in [1.807, 2.05) is 25.2 Å². The van der Waals surface area contributed by atoms with Gasteiger partial charge in [0.25, 0.3) is 0 Å². The second-order valence-electron chi connectivity index (χ2n) is 1.83. The first kappa shape index (κ1) is 8.22. The summed E-state index contributed by atoms with van der Waals surface area (Å²) in [6.07, 6.45) is 9.07. The fraction of sp³-hybridized carbons (Fsp3) is 0.333. The molecule has 0 aromatic rings. The molecule has 0 aliphatic carbocycles.